The first kappa shape index (κ1) is 19.5. The van der Waals surface area contributed by atoms with Crippen LogP contribution in [0.2, 0.25) is 0 Å². The SMILES string of the molecule is COC(=O)Cc1c(C(=O)OC)sc2nc(CN3CCC(C)CC3)[nH]c(=O)c12. The Labute approximate surface area is 160 Å². The molecule has 0 unspecified atom stereocenters. The molecule has 2 aromatic rings. The third kappa shape index (κ3) is 4.19. The van der Waals surface area contributed by atoms with Gasteiger partial charge in [-0.05, 0) is 31.8 Å². The molecule has 8 nitrogen and oxygen atoms in total. The van der Waals surface area contributed by atoms with Crippen molar-refractivity contribution in [1.29, 1.82) is 0 Å². The van der Waals surface area contributed by atoms with Crippen LogP contribution in [0.4, 0.5) is 0 Å². The predicted molar refractivity (Wildman–Crippen MR) is 101 cm³/mol. The van der Waals surface area contributed by atoms with E-state index in [2.05, 4.69) is 26.5 Å². The molecule has 3 heterocycles. The molecule has 0 aromatic carbocycles. The average Bonchev–Trinajstić information content (AvgIpc) is 3.01. The highest BCUT2D eigenvalue weighted by atomic mass is 32.1. The lowest BCUT2D eigenvalue weighted by atomic mass is 9.99. The number of methoxy groups -OCH3 is 2. The summed E-state index contributed by atoms with van der Waals surface area (Å²) in [5.41, 5.74) is -0.0496. The van der Waals surface area contributed by atoms with E-state index in [0.717, 1.165) is 43.2 Å². The van der Waals surface area contributed by atoms with Crippen molar-refractivity contribution in [2.75, 3.05) is 27.3 Å². The fraction of sp³-hybridized carbons (Fsp3) is 0.556. The minimum absolute atomic E-state index is 0.185. The number of H-pyrrole nitrogens is 1. The number of piperidine rings is 1. The minimum Gasteiger partial charge on any atom is -0.469 e. The molecule has 0 atom stereocenters. The second-order valence-electron chi connectivity index (χ2n) is 6.81. The highest BCUT2D eigenvalue weighted by Gasteiger charge is 2.25. The van der Waals surface area contributed by atoms with E-state index in [-0.39, 0.29) is 22.2 Å². The highest BCUT2D eigenvalue weighted by molar-refractivity contribution is 7.20. The van der Waals surface area contributed by atoms with Crippen LogP contribution in [0, 0.1) is 5.92 Å². The Hall–Kier alpha value is -2.26. The van der Waals surface area contributed by atoms with Gasteiger partial charge in [0.1, 0.15) is 15.5 Å². The summed E-state index contributed by atoms with van der Waals surface area (Å²) < 4.78 is 9.48. The van der Waals surface area contributed by atoms with E-state index in [1.807, 2.05) is 0 Å². The molecule has 9 heteroatoms. The maximum absolute atomic E-state index is 12.7. The van der Waals surface area contributed by atoms with Gasteiger partial charge in [-0.2, -0.15) is 0 Å². The van der Waals surface area contributed by atoms with Crippen molar-refractivity contribution in [2.45, 2.75) is 32.7 Å². The number of nitrogens with zero attached hydrogens (tertiary/aromatic N) is 2. The summed E-state index contributed by atoms with van der Waals surface area (Å²) in [6.07, 6.45) is 2.07. The van der Waals surface area contributed by atoms with Gasteiger partial charge in [0.2, 0.25) is 0 Å². The van der Waals surface area contributed by atoms with Gasteiger partial charge in [0.15, 0.2) is 0 Å². The standard InChI is InChI=1S/C18H23N3O5S/c1-10-4-6-21(7-5-10)9-12-19-16(23)14-11(8-13(22)25-2)15(18(24)26-3)27-17(14)20-12/h10H,4-9H2,1-3H3,(H,19,20,23). The van der Waals surface area contributed by atoms with Crippen molar-refractivity contribution < 1.29 is 19.1 Å². The molecular weight excluding hydrogens is 370 g/mol. The Kier molecular flexibility index (Phi) is 5.91. The van der Waals surface area contributed by atoms with Crippen LogP contribution in [0.5, 0.6) is 0 Å². The lowest BCUT2D eigenvalue weighted by molar-refractivity contribution is -0.139. The van der Waals surface area contributed by atoms with Gasteiger partial charge >= 0.3 is 11.9 Å². The number of aromatic nitrogens is 2. The smallest absolute Gasteiger partial charge is 0.348 e. The van der Waals surface area contributed by atoms with E-state index in [9.17, 15) is 14.4 Å². The second kappa shape index (κ2) is 8.18. The van der Waals surface area contributed by atoms with E-state index in [0.29, 0.717) is 22.8 Å². The third-order valence-corrected chi connectivity index (χ3v) is 5.99. The van der Waals surface area contributed by atoms with Crippen molar-refractivity contribution in [1.82, 2.24) is 14.9 Å². The molecule has 0 radical (unpaired) electrons. The summed E-state index contributed by atoms with van der Waals surface area (Å²) in [6, 6.07) is 0. The van der Waals surface area contributed by atoms with Crippen molar-refractivity contribution >= 4 is 33.5 Å². The topological polar surface area (TPSA) is 102 Å². The molecular formula is C18H23N3O5S. The van der Waals surface area contributed by atoms with Crippen LogP contribution in [0.25, 0.3) is 10.2 Å². The van der Waals surface area contributed by atoms with Gasteiger partial charge in [-0.3, -0.25) is 14.5 Å². The van der Waals surface area contributed by atoms with Crippen LogP contribution >= 0.6 is 11.3 Å². The summed E-state index contributed by atoms with van der Waals surface area (Å²) >= 11 is 1.07. The Morgan fingerprint density at radius 3 is 2.59 bits per heavy atom. The van der Waals surface area contributed by atoms with E-state index in [1.165, 1.54) is 14.2 Å². The third-order valence-electron chi connectivity index (χ3n) is 4.88. The Morgan fingerprint density at radius 2 is 1.96 bits per heavy atom. The molecule has 1 fully saturated rings. The number of thiophene rings is 1. The fourth-order valence-corrected chi connectivity index (χ4v) is 4.39. The molecule has 0 bridgehead atoms. The van der Waals surface area contributed by atoms with Gasteiger partial charge in [0, 0.05) is 5.56 Å². The highest BCUT2D eigenvalue weighted by Crippen LogP contribution is 2.29. The van der Waals surface area contributed by atoms with Gasteiger partial charge in [-0.25, -0.2) is 9.78 Å². The number of nitrogens with one attached hydrogen (secondary N) is 1. The number of fused-ring (bicyclic) bond motifs is 1. The van der Waals surface area contributed by atoms with Crippen LogP contribution in [0.15, 0.2) is 4.79 Å². The van der Waals surface area contributed by atoms with Gasteiger partial charge in [0.25, 0.3) is 5.56 Å². The first-order valence-electron chi connectivity index (χ1n) is 8.85. The summed E-state index contributed by atoms with van der Waals surface area (Å²) in [7, 11) is 2.52. The zero-order valence-corrected chi connectivity index (χ0v) is 16.5. The van der Waals surface area contributed by atoms with Crippen LogP contribution in [0.3, 0.4) is 0 Å². The number of hydrogen-bond donors (Lipinski definition) is 1. The molecule has 146 valence electrons. The lowest BCUT2D eigenvalue weighted by Gasteiger charge is -2.29. The molecule has 1 saturated heterocycles. The van der Waals surface area contributed by atoms with Crippen LogP contribution < -0.4 is 5.56 Å². The minimum atomic E-state index is -0.595. The zero-order valence-electron chi connectivity index (χ0n) is 15.7. The van der Waals surface area contributed by atoms with Crippen molar-refractivity contribution in [3.05, 3.63) is 26.6 Å². The van der Waals surface area contributed by atoms with Gasteiger partial charge in [-0.15, -0.1) is 11.3 Å². The maximum atomic E-state index is 12.7. The summed E-state index contributed by atoms with van der Waals surface area (Å²) in [4.78, 5) is 46.8. The van der Waals surface area contributed by atoms with Gasteiger partial charge < -0.3 is 14.5 Å². The average molecular weight is 393 g/mol. The van der Waals surface area contributed by atoms with Gasteiger partial charge in [0.05, 0.1) is 32.6 Å². The summed E-state index contributed by atoms with van der Waals surface area (Å²) in [5, 5.41) is 0.252. The molecule has 0 spiro atoms. The Balaban J connectivity index is 1.98. The van der Waals surface area contributed by atoms with Gasteiger partial charge in [-0.1, -0.05) is 6.92 Å². The number of esters is 2. The number of ether oxygens (including phenoxy) is 2. The van der Waals surface area contributed by atoms with Crippen LogP contribution in [0.1, 0.15) is 40.8 Å². The Bertz CT molecular complexity index is 912. The summed E-state index contributed by atoms with van der Waals surface area (Å²) in [6.45, 7) is 4.73. The van der Waals surface area contributed by atoms with E-state index in [4.69, 9.17) is 4.74 Å². The van der Waals surface area contributed by atoms with E-state index >= 15 is 0 Å². The fourth-order valence-electron chi connectivity index (χ4n) is 3.26. The maximum Gasteiger partial charge on any atom is 0.348 e. The van der Waals surface area contributed by atoms with Crippen LogP contribution in [-0.2, 0) is 27.2 Å². The lowest BCUT2D eigenvalue weighted by Crippen LogP contribution is -2.33. The number of likely N-dealkylation sites (tertiary alicyclic amines) is 1. The van der Waals surface area contributed by atoms with Crippen molar-refractivity contribution in [3.63, 3.8) is 0 Å². The molecule has 1 N–H and O–H groups in total. The van der Waals surface area contributed by atoms with Crippen molar-refractivity contribution in [3.8, 4) is 0 Å². The molecule has 2 aromatic heterocycles. The molecule has 27 heavy (non-hydrogen) atoms. The zero-order chi connectivity index (χ0) is 19.6. The molecule has 1 aliphatic heterocycles. The second-order valence-corrected chi connectivity index (χ2v) is 7.80. The number of rotatable bonds is 5. The van der Waals surface area contributed by atoms with E-state index in [1.54, 1.807) is 0 Å². The van der Waals surface area contributed by atoms with Crippen molar-refractivity contribution in [2.24, 2.45) is 5.92 Å². The number of carbonyl (C=O) groups excluding carboxylic acids is 2. The first-order chi connectivity index (χ1) is 12.9. The molecule has 0 aliphatic carbocycles. The monoisotopic (exact) mass is 393 g/mol. The largest absolute Gasteiger partial charge is 0.469 e. The van der Waals surface area contributed by atoms with Crippen LogP contribution in [-0.4, -0.2) is 54.1 Å². The van der Waals surface area contributed by atoms with E-state index < -0.39 is 11.9 Å². The molecule has 1 aliphatic rings. The normalized spacial score (nSPS) is 15.8. The molecule has 0 saturated carbocycles. The summed E-state index contributed by atoms with van der Waals surface area (Å²) in [5.74, 6) is 0.148. The quantitative estimate of drug-likeness (QED) is 0.772. The number of carbonyl (C=O) groups is 2. The number of aromatic amines is 1. The first-order valence-corrected chi connectivity index (χ1v) is 9.66. The molecule has 0 amide bonds. The molecule has 3 rings (SSSR count). The number of hydrogen-bond acceptors (Lipinski definition) is 8. The Morgan fingerprint density at radius 1 is 1.26 bits per heavy atom. The predicted octanol–water partition coefficient (Wildman–Crippen LogP) is 1.72.